The average molecular weight is 383 g/mol. The van der Waals surface area contributed by atoms with Crippen LogP contribution in [-0.4, -0.2) is 66.2 Å². The first kappa shape index (κ1) is 20.3. The smallest absolute Gasteiger partial charge is 0.244 e. The fraction of sp³-hybridized carbons (Fsp3) is 0.409. The Balaban J connectivity index is 1.42. The summed E-state index contributed by atoms with van der Waals surface area (Å²) in [6, 6.07) is 16.6. The SMILES string of the molecule is Cc1ccc(C(N)C(=O)N2CCN(CC(O)COc3ccccc3)CC2)cc1. The fourth-order valence-electron chi connectivity index (χ4n) is 3.32. The molecule has 1 fully saturated rings. The molecule has 1 aliphatic heterocycles. The normalized spacial score (nSPS) is 17.2. The van der Waals surface area contributed by atoms with Crippen molar-refractivity contribution in [2.24, 2.45) is 5.73 Å². The molecule has 0 aliphatic carbocycles. The van der Waals surface area contributed by atoms with Crippen molar-refractivity contribution in [3.8, 4) is 5.75 Å². The number of nitrogens with zero attached hydrogens (tertiary/aromatic N) is 2. The van der Waals surface area contributed by atoms with E-state index in [2.05, 4.69) is 4.90 Å². The van der Waals surface area contributed by atoms with Crippen LogP contribution >= 0.6 is 0 Å². The van der Waals surface area contributed by atoms with Crippen molar-refractivity contribution in [3.63, 3.8) is 0 Å². The zero-order valence-corrected chi connectivity index (χ0v) is 16.3. The summed E-state index contributed by atoms with van der Waals surface area (Å²) in [5.41, 5.74) is 8.15. The molecule has 0 aromatic heterocycles. The van der Waals surface area contributed by atoms with Crippen molar-refractivity contribution in [2.75, 3.05) is 39.3 Å². The number of carbonyl (C=O) groups is 1. The summed E-state index contributed by atoms with van der Waals surface area (Å²) < 4.78 is 5.60. The number of amides is 1. The molecular formula is C22H29N3O3. The molecular weight excluding hydrogens is 354 g/mol. The van der Waals surface area contributed by atoms with Gasteiger partial charge >= 0.3 is 0 Å². The van der Waals surface area contributed by atoms with Gasteiger partial charge in [0.2, 0.25) is 5.91 Å². The van der Waals surface area contributed by atoms with Gasteiger partial charge in [0, 0.05) is 32.7 Å². The third-order valence-electron chi connectivity index (χ3n) is 5.04. The van der Waals surface area contributed by atoms with Gasteiger partial charge in [0.15, 0.2) is 0 Å². The number of hydrogen-bond donors (Lipinski definition) is 2. The molecule has 2 aromatic carbocycles. The van der Waals surface area contributed by atoms with Gasteiger partial charge in [-0.25, -0.2) is 0 Å². The molecule has 3 rings (SSSR count). The minimum absolute atomic E-state index is 0.0449. The Kier molecular flexibility index (Phi) is 7.03. The Morgan fingerprint density at radius 1 is 1.07 bits per heavy atom. The summed E-state index contributed by atoms with van der Waals surface area (Å²) in [5, 5.41) is 10.2. The lowest BCUT2D eigenvalue weighted by molar-refractivity contribution is -0.134. The first-order valence-electron chi connectivity index (χ1n) is 9.72. The second-order valence-corrected chi connectivity index (χ2v) is 7.29. The number of β-amino-alcohol motifs (C(OH)–C–C–N with tert-alkyl or cyclic N) is 1. The number of aliphatic hydroxyl groups is 1. The van der Waals surface area contributed by atoms with Crippen LogP contribution in [-0.2, 0) is 4.79 Å². The lowest BCUT2D eigenvalue weighted by Gasteiger charge is -2.36. The molecule has 1 saturated heterocycles. The predicted molar refractivity (Wildman–Crippen MR) is 109 cm³/mol. The first-order valence-corrected chi connectivity index (χ1v) is 9.72. The Bertz CT molecular complexity index is 743. The van der Waals surface area contributed by atoms with E-state index < -0.39 is 12.1 Å². The van der Waals surface area contributed by atoms with E-state index in [0.717, 1.165) is 30.0 Å². The molecule has 150 valence electrons. The van der Waals surface area contributed by atoms with Gasteiger partial charge in [-0.2, -0.15) is 0 Å². The third-order valence-corrected chi connectivity index (χ3v) is 5.04. The van der Waals surface area contributed by atoms with E-state index in [1.807, 2.05) is 66.4 Å². The van der Waals surface area contributed by atoms with Gasteiger partial charge in [-0.1, -0.05) is 48.0 Å². The number of aliphatic hydroxyl groups excluding tert-OH is 1. The minimum Gasteiger partial charge on any atom is -0.491 e. The van der Waals surface area contributed by atoms with Gasteiger partial charge in [-0.05, 0) is 24.6 Å². The molecule has 1 heterocycles. The highest BCUT2D eigenvalue weighted by Gasteiger charge is 2.27. The van der Waals surface area contributed by atoms with Crippen molar-refractivity contribution < 1.29 is 14.6 Å². The quantitative estimate of drug-likeness (QED) is 0.759. The zero-order valence-electron chi connectivity index (χ0n) is 16.3. The van der Waals surface area contributed by atoms with Crippen LogP contribution in [0.25, 0.3) is 0 Å². The van der Waals surface area contributed by atoms with Gasteiger partial charge in [0.05, 0.1) is 0 Å². The molecule has 0 bridgehead atoms. The molecule has 3 N–H and O–H groups in total. The van der Waals surface area contributed by atoms with Crippen LogP contribution in [0.4, 0.5) is 0 Å². The summed E-state index contributed by atoms with van der Waals surface area (Å²) in [7, 11) is 0. The van der Waals surface area contributed by atoms with Crippen molar-refractivity contribution in [3.05, 3.63) is 65.7 Å². The second kappa shape index (κ2) is 9.68. The van der Waals surface area contributed by atoms with Gasteiger partial charge in [-0.15, -0.1) is 0 Å². The summed E-state index contributed by atoms with van der Waals surface area (Å²) in [4.78, 5) is 16.7. The number of ether oxygens (including phenoxy) is 1. The van der Waals surface area contributed by atoms with Crippen molar-refractivity contribution >= 4 is 5.91 Å². The van der Waals surface area contributed by atoms with E-state index in [0.29, 0.717) is 19.6 Å². The first-order chi connectivity index (χ1) is 13.5. The van der Waals surface area contributed by atoms with Gasteiger partial charge in [-0.3, -0.25) is 9.69 Å². The Labute approximate surface area is 166 Å². The predicted octanol–water partition coefficient (Wildman–Crippen LogP) is 1.58. The third kappa shape index (κ3) is 5.55. The maximum atomic E-state index is 12.7. The lowest BCUT2D eigenvalue weighted by atomic mass is 10.0. The van der Waals surface area contributed by atoms with E-state index >= 15 is 0 Å². The molecule has 0 spiro atoms. The standard InChI is InChI=1S/C22H29N3O3/c1-17-7-9-18(10-8-17)21(23)22(27)25-13-11-24(12-14-25)15-19(26)16-28-20-5-3-2-4-6-20/h2-10,19,21,26H,11-16,23H2,1H3. The summed E-state index contributed by atoms with van der Waals surface area (Å²) in [5.74, 6) is 0.707. The van der Waals surface area contributed by atoms with Crippen LogP contribution in [0.5, 0.6) is 5.75 Å². The summed E-state index contributed by atoms with van der Waals surface area (Å²) >= 11 is 0. The van der Waals surface area contributed by atoms with Crippen LogP contribution in [0.1, 0.15) is 17.2 Å². The summed E-state index contributed by atoms with van der Waals surface area (Å²) in [6.45, 7) is 5.45. The Morgan fingerprint density at radius 2 is 1.71 bits per heavy atom. The van der Waals surface area contributed by atoms with E-state index in [-0.39, 0.29) is 12.5 Å². The van der Waals surface area contributed by atoms with Gasteiger partial charge in [0.25, 0.3) is 0 Å². The van der Waals surface area contributed by atoms with Crippen LogP contribution in [0.2, 0.25) is 0 Å². The van der Waals surface area contributed by atoms with Crippen LogP contribution < -0.4 is 10.5 Å². The van der Waals surface area contributed by atoms with Gasteiger partial charge in [0.1, 0.15) is 24.5 Å². The molecule has 6 nitrogen and oxygen atoms in total. The molecule has 0 radical (unpaired) electrons. The Hall–Kier alpha value is -2.41. The van der Waals surface area contributed by atoms with Crippen LogP contribution in [0.3, 0.4) is 0 Å². The van der Waals surface area contributed by atoms with Crippen molar-refractivity contribution in [1.82, 2.24) is 9.80 Å². The van der Waals surface area contributed by atoms with Crippen molar-refractivity contribution in [1.29, 1.82) is 0 Å². The maximum Gasteiger partial charge on any atom is 0.244 e. The van der Waals surface area contributed by atoms with Gasteiger partial charge < -0.3 is 20.5 Å². The maximum absolute atomic E-state index is 12.7. The van der Waals surface area contributed by atoms with E-state index in [4.69, 9.17) is 10.5 Å². The molecule has 1 amide bonds. The molecule has 2 unspecified atom stereocenters. The summed E-state index contributed by atoms with van der Waals surface area (Å²) in [6.07, 6.45) is -0.572. The number of nitrogens with two attached hydrogens (primary N) is 1. The highest BCUT2D eigenvalue weighted by molar-refractivity contribution is 5.83. The highest BCUT2D eigenvalue weighted by Crippen LogP contribution is 2.16. The number of piperazine rings is 1. The van der Waals surface area contributed by atoms with Crippen LogP contribution in [0.15, 0.2) is 54.6 Å². The molecule has 1 aliphatic rings. The lowest BCUT2D eigenvalue weighted by Crippen LogP contribution is -2.52. The number of benzene rings is 2. The van der Waals surface area contributed by atoms with E-state index in [1.54, 1.807) is 0 Å². The highest BCUT2D eigenvalue weighted by atomic mass is 16.5. The zero-order chi connectivity index (χ0) is 19.9. The van der Waals surface area contributed by atoms with E-state index in [1.165, 1.54) is 0 Å². The topological polar surface area (TPSA) is 79.0 Å². The van der Waals surface area contributed by atoms with E-state index in [9.17, 15) is 9.90 Å². The molecule has 2 aromatic rings. The molecule has 0 saturated carbocycles. The average Bonchev–Trinajstić information content (AvgIpc) is 2.73. The van der Waals surface area contributed by atoms with Crippen LogP contribution in [0, 0.1) is 6.92 Å². The molecule has 6 heteroatoms. The molecule has 28 heavy (non-hydrogen) atoms. The second-order valence-electron chi connectivity index (χ2n) is 7.29. The van der Waals surface area contributed by atoms with Crippen molar-refractivity contribution in [2.45, 2.75) is 19.1 Å². The number of rotatable bonds is 7. The number of hydrogen-bond acceptors (Lipinski definition) is 5. The largest absolute Gasteiger partial charge is 0.491 e. The number of carbonyl (C=O) groups excluding carboxylic acids is 1. The molecule has 2 atom stereocenters. The minimum atomic E-state index is -0.628. The number of aryl methyl sites for hydroxylation is 1. The Morgan fingerprint density at radius 3 is 2.36 bits per heavy atom. The number of para-hydroxylation sites is 1. The monoisotopic (exact) mass is 383 g/mol. The fourth-order valence-corrected chi connectivity index (χ4v) is 3.32.